The predicted molar refractivity (Wildman–Crippen MR) is 108 cm³/mol. The lowest BCUT2D eigenvalue weighted by Crippen LogP contribution is -2.52. The Bertz CT molecular complexity index is 1060. The molecule has 0 amide bonds. The number of nitrogens with zero attached hydrogens (tertiary/aromatic N) is 2. The molecule has 0 aromatic heterocycles. The second-order valence-electron chi connectivity index (χ2n) is 8.18. The van der Waals surface area contributed by atoms with E-state index in [2.05, 4.69) is 0 Å². The standard InChI is InChI=1S/C22H20N2O6/c1-22(2)17-11-14(12-25)19(13-7-9-15(10-8-13)23(26)27)21(24(28)29)20(17)16-5-3-4-6-18(16)30-22/h3-12,17,19-21H,1-2H3/t17-,19+,20+,21-/m0/s1. The van der Waals surface area contributed by atoms with E-state index in [1.165, 1.54) is 24.3 Å². The summed E-state index contributed by atoms with van der Waals surface area (Å²) in [5.74, 6) is -1.11. The van der Waals surface area contributed by atoms with E-state index in [4.69, 9.17) is 4.74 Å². The lowest BCUT2D eigenvalue weighted by molar-refractivity contribution is -0.532. The number of benzene rings is 2. The topological polar surface area (TPSA) is 113 Å². The van der Waals surface area contributed by atoms with Crippen molar-refractivity contribution in [2.75, 3.05) is 0 Å². The smallest absolute Gasteiger partial charge is 0.269 e. The fraction of sp³-hybridized carbons (Fsp3) is 0.318. The number of rotatable bonds is 4. The van der Waals surface area contributed by atoms with Crippen molar-refractivity contribution in [3.63, 3.8) is 0 Å². The molecule has 1 aliphatic heterocycles. The van der Waals surface area contributed by atoms with E-state index in [1.54, 1.807) is 12.1 Å². The Morgan fingerprint density at radius 2 is 1.70 bits per heavy atom. The minimum atomic E-state index is -1.12. The van der Waals surface area contributed by atoms with Crippen LogP contribution < -0.4 is 4.74 Å². The van der Waals surface area contributed by atoms with Crippen molar-refractivity contribution in [2.24, 2.45) is 5.92 Å². The van der Waals surface area contributed by atoms with Crippen molar-refractivity contribution in [2.45, 2.75) is 37.3 Å². The fourth-order valence-corrected chi connectivity index (χ4v) is 4.80. The van der Waals surface area contributed by atoms with Gasteiger partial charge < -0.3 is 4.74 Å². The molecule has 0 saturated heterocycles. The van der Waals surface area contributed by atoms with Gasteiger partial charge in [-0.1, -0.05) is 36.4 Å². The van der Waals surface area contributed by atoms with Gasteiger partial charge >= 0.3 is 0 Å². The molecule has 2 aliphatic rings. The van der Waals surface area contributed by atoms with E-state index in [9.17, 15) is 25.0 Å². The average molecular weight is 408 g/mol. The van der Waals surface area contributed by atoms with Gasteiger partial charge in [0.25, 0.3) is 5.69 Å². The third-order valence-corrected chi connectivity index (χ3v) is 6.12. The Labute approximate surface area is 172 Å². The molecule has 1 aliphatic carbocycles. The summed E-state index contributed by atoms with van der Waals surface area (Å²) >= 11 is 0. The summed E-state index contributed by atoms with van der Waals surface area (Å²) in [6.07, 6.45) is 2.43. The molecule has 4 rings (SSSR count). The largest absolute Gasteiger partial charge is 0.487 e. The molecule has 0 saturated carbocycles. The SMILES string of the molecule is CC1(C)Oc2ccccc2[C@H]2[C@@H]([N+](=O)[O-])[C@H](c3ccc([N+](=O)[O-])cc3)C(C=O)=C[C@@H]21. The fourth-order valence-electron chi connectivity index (χ4n) is 4.80. The van der Waals surface area contributed by atoms with Crippen LogP contribution >= 0.6 is 0 Å². The Balaban J connectivity index is 1.92. The molecule has 2 aromatic rings. The highest BCUT2D eigenvalue weighted by atomic mass is 16.6. The number of nitro groups is 2. The monoisotopic (exact) mass is 408 g/mol. The van der Waals surface area contributed by atoms with Crippen molar-refractivity contribution in [3.8, 4) is 5.75 Å². The highest BCUT2D eigenvalue weighted by molar-refractivity contribution is 5.77. The lowest BCUT2D eigenvalue weighted by atomic mass is 9.61. The van der Waals surface area contributed by atoms with Crippen LogP contribution in [0, 0.1) is 26.1 Å². The molecule has 1 heterocycles. The Kier molecular flexibility index (Phi) is 4.64. The first-order valence-electron chi connectivity index (χ1n) is 9.57. The number of fused-ring (bicyclic) bond motifs is 3. The maximum atomic E-state index is 12.4. The lowest BCUT2D eigenvalue weighted by Gasteiger charge is -2.47. The number of para-hydroxylation sites is 1. The molecule has 0 fully saturated rings. The molecular weight excluding hydrogens is 388 g/mol. The van der Waals surface area contributed by atoms with Crippen LogP contribution in [0.3, 0.4) is 0 Å². The van der Waals surface area contributed by atoms with Gasteiger partial charge in [-0.3, -0.25) is 25.0 Å². The minimum Gasteiger partial charge on any atom is -0.487 e. The first kappa shape index (κ1) is 19.8. The third kappa shape index (κ3) is 3.04. The van der Waals surface area contributed by atoms with Crippen LogP contribution in [0.4, 0.5) is 5.69 Å². The molecule has 154 valence electrons. The summed E-state index contributed by atoms with van der Waals surface area (Å²) in [7, 11) is 0. The molecule has 0 spiro atoms. The molecule has 0 bridgehead atoms. The maximum Gasteiger partial charge on any atom is 0.269 e. The minimum absolute atomic E-state index is 0.112. The van der Waals surface area contributed by atoms with E-state index < -0.39 is 28.4 Å². The summed E-state index contributed by atoms with van der Waals surface area (Å²) < 4.78 is 6.13. The van der Waals surface area contributed by atoms with Crippen molar-refractivity contribution >= 4 is 12.0 Å². The second kappa shape index (κ2) is 7.05. The summed E-state index contributed by atoms with van der Waals surface area (Å²) in [4.78, 5) is 34.5. The molecule has 2 aromatic carbocycles. The van der Waals surface area contributed by atoms with Crippen molar-refractivity contribution < 1.29 is 19.4 Å². The Morgan fingerprint density at radius 3 is 2.30 bits per heavy atom. The number of hydrogen-bond donors (Lipinski definition) is 0. The van der Waals surface area contributed by atoms with Gasteiger partial charge in [-0.2, -0.15) is 0 Å². The van der Waals surface area contributed by atoms with Crippen LogP contribution in [0.25, 0.3) is 0 Å². The van der Waals surface area contributed by atoms with Gasteiger partial charge in [0.2, 0.25) is 6.04 Å². The number of carbonyl (C=O) groups excluding carboxylic acids is 1. The Hall–Kier alpha value is -3.55. The first-order chi connectivity index (χ1) is 14.2. The van der Waals surface area contributed by atoms with E-state index >= 15 is 0 Å². The molecule has 8 nitrogen and oxygen atoms in total. The molecular formula is C22H20N2O6. The molecule has 8 heteroatoms. The van der Waals surface area contributed by atoms with Crippen LogP contribution in [-0.4, -0.2) is 27.8 Å². The molecule has 0 radical (unpaired) electrons. The number of ether oxygens (including phenoxy) is 1. The van der Waals surface area contributed by atoms with Gasteiger partial charge in [0, 0.05) is 34.1 Å². The third-order valence-electron chi connectivity index (χ3n) is 6.12. The zero-order chi connectivity index (χ0) is 21.6. The molecule has 4 atom stereocenters. The van der Waals surface area contributed by atoms with Gasteiger partial charge in [0.05, 0.1) is 16.8 Å². The summed E-state index contributed by atoms with van der Waals surface area (Å²) in [6, 6.07) is 11.7. The number of hydrogen-bond acceptors (Lipinski definition) is 6. The van der Waals surface area contributed by atoms with E-state index in [0.29, 0.717) is 23.2 Å². The molecule has 0 unspecified atom stereocenters. The quantitative estimate of drug-likeness (QED) is 0.429. The normalized spacial score (nSPS) is 26.4. The van der Waals surface area contributed by atoms with Crippen LogP contribution in [0.2, 0.25) is 0 Å². The zero-order valence-corrected chi connectivity index (χ0v) is 16.4. The Morgan fingerprint density at radius 1 is 1.03 bits per heavy atom. The van der Waals surface area contributed by atoms with Crippen molar-refractivity contribution in [1.29, 1.82) is 0 Å². The van der Waals surface area contributed by atoms with Gasteiger partial charge in [0.15, 0.2) is 0 Å². The first-order valence-corrected chi connectivity index (χ1v) is 9.57. The van der Waals surface area contributed by atoms with Gasteiger partial charge in [-0.05, 0) is 25.5 Å². The van der Waals surface area contributed by atoms with E-state index in [1.807, 2.05) is 32.0 Å². The number of non-ortho nitro benzene ring substituents is 1. The summed E-state index contributed by atoms with van der Waals surface area (Å²) in [6.45, 7) is 3.73. The van der Waals surface area contributed by atoms with E-state index in [-0.39, 0.29) is 16.5 Å². The highest BCUT2D eigenvalue weighted by Gasteiger charge is 2.56. The molecule has 0 N–H and O–H groups in total. The number of nitro benzene ring substituents is 1. The summed E-state index contributed by atoms with van der Waals surface area (Å²) in [5.41, 5.74) is 0.668. The van der Waals surface area contributed by atoms with Crippen LogP contribution in [0.1, 0.15) is 36.8 Å². The number of aldehydes is 1. The van der Waals surface area contributed by atoms with Gasteiger partial charge in [0.1, 0.15) is 17.6 Å². The van der Waals surface area contributed by atoms with Crippen molar-refractivity contribution in [3.05, 3.63) is 91.5 Å². The van der Waals surface area contributed by atoms with E-state index in [0.717, 1.165) is 5.56 Å². The van der Waals surface area contributed by atoms with Gasteiger partial charge in [-0.25, -0.2) is 0 Å². The van der Waals surface area contributed by atoms with Crippen LogP contribution in [0.5, 0.6) is 5.75 Å². The van der Waals surface area contributed by atoms with Crippen LogP contribution in [0.15, 0.2) is 60.2 Å². The average Bonchev–Trinajstić information content (AvgIpc) is 2.72. The van der Waals surface area contributed by atoms with Crippen LogP contribution in [-0.2, 0) is 4.79 Å². The highest BCUT2D eigenvalue weighted by Crippen LogP contribution is 2.54. The van der Waals surface area contributed by atoms with Crippen molar-refractivity contribution in [1.82, 2.24) is 0 Å². The molecule has 30 heavy (non-hydrogen) atoms. The second-order valence-corrected chi connectivity index (χ2v) is 8.18. The predicted octanol–water partition coefficient (Wildman–Crippen LogP) is 4.03. The van der Waals surface area contributed by atoms with Gasteiger partial charge in [-0.15, -0.1) is 0 Å². The summed E-state index contributed by atoms with van der Waals surface area (Å²) in [5, 5.41) is 23.4. The maximum absolute atomic E-state index is 12.4. The zero-order valence-electron chi connectivity index (χ0n) is 16.4. The number of carbonyl (C=O) groups is 1.